The van der Waals surface area contributed by atoms with Gasteiger partial charge < -0.3 is 19.5 Å². The number of carbonyl (C=O) groups excluding carboxylic acids is 1. The molecule has 0 aliphatic carbocycles. The van der Waals surface area contributed by atoms with Crippen molar-refractivity contribution in [3.05, 3.63) is 24.3 Å². The number of hydrogen-bond acceptors (Lipinski definition) is 5. The number of para-hydroxylation sites is 2. The van der Waals surface area contributed by atoms with Gasteiger partial charge in [-0.1, -0.05) is 12.1 Å². The molecule has 0 aromatic heterocycles. The normalized spacial score (nSPS) is 18.4. The molecule has 0 fully saturated rings. The summed E-state index contributed by atoms with van der Waals surface area (Å²) in [5.74, 6) is 1.36. The molecule has 0 saturated heterocycles. The van der Waals surface area contributed by atoms with E-state index >= 15 is 0 Å². The molecule has 5 heteroatoms. The number of rotatable bonds is 6. The summed E-state index contributed by atoms with van der Waals surface area (Å²) >= 11 is 0. The first kappa shape index (κ1) is 14.7. The third-order valence-electron chi connectivity index (χ3n) is 3.19. The number of benzene rings is 1. The topological polar surface area (TPSA) is 56.8 Å². The van der Waals surface area contributed by atoms with E-state index in [2.05, 4.69) is 5.32 Å². The van der Waals surface area contributed by atoms with E-state index in [1.807, 2.05) is 31.2 Å². The van der Waals surface area contributed by atoms with Crippen molar-refractivity contribution in [2.24, 2.45) is 0 Å². The Morgan fingerprint density at radius 2 is 2.20 bits per heavy atom. The molecular formula is C15H21NO4. The van der Waals surface area contributed by atoms with Gasteiger partial charge in [-0.3, -0.25) is 4.79 Å². The number of ether oxygens (including phenoxy) is 3. The van der Waals surface area contributed by atoms with Gasteiger partial charge in [-0.05, 0) is 26.0 Å². The van der Waals surface area contributed by atoms with E-state index in [0.29, 0.717) is 26.2 Å². The van der Waals surface area contributed by atoms with E-state index in [1.54, 1.807) is 6.92 Å². The number of nitrogens with one attached hydrogen (secondary N) is 1. The molecular weight excluding hydrogens is 258 g/mol. The Morgan fingerprint density at radius 1 is 1.45 bits per heavy atom. The second kappa shape index (κ2) is 7.14. The average Bonchev–Trinajstić information content (AvgIpc) is 2.47. The number of fused-ring (bicyclic) bond motifs is 1. The molecule has 20 heavy (non-hydrogen) atoms. The minimum Gasteiger partial charge on any atom is -0.486 e. The fraction of sp³-hybridized carbons (Fsp3) is 0.533. The molecule has 0 bridgehead atoms. The van der Waals surface area contributed by atoms with E-state index in [4.69, 9.17) is 14.2 Å². The Kier molecular flexibility index (Phi) is 5.24. The standard InChI is InChI=1S/C15H21NO4/c1-3-18-15(17)8-9-16-11(2)14-10-19-12-6-4-5-7-13(12)20-14/h4-7,11,14,16H,3,8-10H2,1-2H3/t11-,14-/m1/s1. The predicted octanol–water partition coefficient (Wildman–Crippen LogP) is 1.76. The van der Waals surface area contributed by atoms with E-state index in [-0.39, 0.29) is 18.1 Å². The molecule has 0 saturated carbocycles. The molecule has 0 amide bonds. The molecule has 0 unspecified atom stereocenters. The maximum Gasteiger partial charge on any atom is 0.307 e. The third kappa shape index (κ3) is 3.87. The maximum absolute atomic E-state index is 11.2. The van der Waals surface area contributed by atoms with Gasteiger partial charge in [0.1, 0.15) is 12.7 Å². The van der Waals surface area contributed by atoms with Gasteiger partial charge in [-0.25, -0.2) is 0 Å². The minimum atomic E-state index is -0.182. The van der Waals surface area contributed by atoms with Gasteiger partial charge in [-0.2, -0.15) is 0 Å². The largest absolute Gasteiger partial charge is 0.486 e. The van der Waals surface area contributed by atoms with Crippen molar-refractivity contribution in [1.82, 2.24) is 5.32 Å². The zero-order valence-electron chi connectivity index (χ0n) is 11.9. The highest BCUT2D eigenvalue weighted by Crippen LogP contribution is 2.31. The fourth-order valence-electron chi connectivity index (χ4n) is 2.05. The fourth-order valence-corrected chi connectivity index (χ4v) is 2.05. The molecule has 1 aliphatic heterocycles. The molecule has 1 aromatic rings. The van der Waals surface area contributed by atoms with E-state index < -0.39 is 0 Å². The highest BCUT2D eigenvalue weighted by atomic mass is 16.6. The molecule has 5 nitrogen and oxygen atoms in total. The summed E-state index contributed by atoms with van der Waals surface area (Å²) < 4.78 is 16.4. The molecule has 1 N–H and O–H groups in total. The lowest BCUT2D eigenvalue weighted by Gasteiger charge is -2.30. The summed E-state index contributed by atoms with van der Waals surface area (Å²) in [4.78, 5) is 11.2. The van der Waals surface area contributed by atoms with Gasteiger partial charge >= 0.3 is 5.97 Å². The van der Waals surface area contributed by atoms with Gasteiger partial charge in [0.05, 0.1) is 13.0 Å². The summed E-state index contributed by atoms with van der Waals surface area (Å²) in [6, 6.07) is 7.72. The van der Waals surface area contributed by atoms with Crippen molar-refractivity contribution in [2.75, 3.05) is 19.8 Å². The Balaban J connectivity index is 1.77. The summed E-state index contributed by atoms with van der Waals surface area (Å²) in [7, 11) is 0. The summed E-state index contributed by atoms with van der Waals surface area (Å²) in [5, 5.41) is 3.27. The number of esters is 1. The second-order valence-electron chi connectivity index (χ2n) is 4.71. The van der Waals surface area contributed by atoms with Crippen LogP contribution in [0, 0.1) is 0 Å². The van der Waals surface area contributed by atoms with Crippen LogP contribution >= 0.6 is 0 Å². The van der Waals surface area contributed by atoms with Crippen LogP contribution in [0.2, 0.25) is 0 Å². The van der Waals surface area contributed by atoms with Crippen molar-refractivity contribution < 1.29 is 19.0 Å². The average molecular weight is 279 g/mol. The number of hydrogen-bond donors (Lipinski definition) is 1. The molecule has 1 aromatic carbocycles. The maximum atomic E-state index is 11.2. The third-order valence-corrected chi connectivity index (χ3v) is 3.19. The molecule has 1 aliphatic rings. The second-order valence-corrected chi connectivity index (χ2v) is 4.71. The van der Waals surface area contributed by atoms with Gasteiger partial charge in [0.25, 0.3) is 0 Å². The van der Waals surface area contributed by atoms with Gasteiger partial charge in [0, 0.05) is 12.6 Å². The molecule has 0 spiro atoms. The van der Waals surface area contributed by atoms with Crippen LogP contribution in [0.25, 0.3) is 0 Å². The lowest BCUT2D eigenvalue weighted by atomic mass is 10.1. The highest BCUT2D eigenvalue weighted by molar-refractivity contribution is 5.69. The van der Waals surface area contributed by atoms with Crippen LogP contribution < -0.4 is 14.8 Å². The first-order chi connectivity index (χ1) is 9.70. The SMILES string of the molecule is CCOC(=O)CCN[C@H](C)[C@H]1COc2ccccc2O1. The Bertz CT molecular complexity index is 449. The summed E-state index contributed by atoms with van der Waals surface area (Å²) in [6.07, 6.45) is 0.301. The molecule has 1 heterocycles. The van der Waals surface area contributed by atoms with E-state index in [1.165, 1.54) is 0 Å². The van der Waals surface area contributed by atoms with Crippen LogP contribution in [0.5, 0.6) is 11.5 Å². The lowest BCUT2D eigenvalue weighted by molar-refractivity contribution is -0.143. The van der Waals surface area contributed by atoms with Crippen LogP contribution in [0.4, 0.5) is 0 Å². The molecule has 2 rings (SSSR count). The van der Waals surface area contributed by atoms with E-state index in [0.717, 1.165) is 11.5 Å². The first-order valence-electron chi connectivity index (χ1n) is 6.98. The van der Waals surface area contributed by atoms with E-state index in [9.17, 15) is 4.79 Å². The van der Waals surface area contributed by atoms with Gasteiger partial charge in [0.2, 0.25) is 0 Å². The molecule has 0 radical (unpaired) electrons. The quantitative estimate of drug-likeness (QED) is 0.804. The predicted molar refractivity (Wildman–Crippen MR) is 75.1 cm³/mol. The van der Waals surface area contributed by atoms with Crippen LogP contribution in [-0.2, 0) is 9.53 Å². The Morgan fingerprint density at radius 3 is 2.95 bits per heavy atom. The van der Waals surface area contributed by atoms with Crippen molar-refractivity contribution in [3.63, 3.8) is 0 Å². The molecule has 2 atom stereocenters. The van der Waals surface area contributed by atoms with Crippen LogP contribution in [-0.4, -0.2) is 37.9 Å². The smallest absolute Gasteiger partial charge is 0.307 e. The zero-order valence-corrected chi connectivity index (χ0v) is 11.9. The molecule has 110 valence electrons. The first-order valence-corrected chi connectivity index (χ1v) is 6.98. The van der Waals surface area contributed by atoms with Crippen molar-refractivity contribution in [1.29, 1.82) is 0 Å². The minimum absolute atomic E-state index is 0.0629. The Hall–Kier alpha value is -1.75. The van der Waals surface area contributed by atoms with Crippen molar-refractivity contribution >= 4 is 5.97 Å². The van der Waals surface area contributed by atoms with Crippen molar-refractivity contribution in [3.8, 4) is 11.5 Å². The van der Waals surface area contributed by atoms with Crippen molar-refractivity contribution in [2.45, 2.75) is 32.4 Å². The monoisotopic (exact) mass is 279 g/mol. The van der Waals surface area contributed by atoms with Crippen LogP contribution in [0.1, 0.15) is 20.3 Å². The zero-order chi connectivity index (χ0) is 14.4. The summed E-state index contributed by atoms with van der Waals surface area (Å²) in [6.45, 7) is 5.32. The Labute approximate surface area is 119 Å². The van der Waals surface area contributed by atoms with Crippen LogP contribution in [0.3, 0.4) is 0 Å². The summed E-state index contributed by atoms with van der Waals surface area (Å²) in [5.41, 5.74) is 0. The number of carbonyl (C=O) groups is 1. The lowest BCUT2D eigenvalue weighted by Crippen LogP contribution is -2.46. The highest BCUT2D eigenvalue weighted by Gasteiger charge is 2.25. The van der Waals surface area contributed by atoms with Gasteiger partial charge in [0.15, 0.2) is 11.5 Å². The van der Waals surface area contributed by atoms with Gasteiger partial charge in [-0.15, -0.1) is 0 Å². The van der Waals surface area contributed by atoms with Crippen LogP contribution in [0.15, 0.2) is 24.3 Å².